The van der Waals surface area contributed by atoms with Gasteiger partial charge >= 0.3 is 11.9 Å². The number of fused-ring (bicyclic) bond motifs is 1. The van der Waals surface area contributed by atoms with Crippen LogP contribution in [0.25, 0.3) is 20.7 Å². The number of halogens is 7. The van der Waals surface area contributed by atoms with Crippen LogP contribution in [0.2, 0.25) is 10.0 Å². The molecule has 0 saturated carbocycles. The lowest BCUT2D eigenvalue weighted by atomic mass is 10.1. The molecule has 196 valence electrons. The first-order valence-electron chi connectivity index (χ1n) is 10.2. The smallest absolute Gasteiger partial charge is 0.416 e. The van der Waals surface area contributed by atoms with E-state index in [0.717, 1.165) is 17.4 Å². The molecule has 4 aromatic rings. The minimum Gasteiger partial charge on any atom is -0.437 e. The molecule has 3 aromatic heterocycles. The van der Waals surface area contributed by atoms with Crippen LogP contribution in [0.5, 0.6) is 11.6 Å². The normalized spacial score (nSPS) is 12.9. The number of aliphatic hydroxyl groups excluding tert-OH is 1. The van der Waals surface area contributed by atoms with Crippen LogP contribution < -0.4 is 16.0 Å². The molecule has 0 bridgehead atoms. The zero-order valence-corrected chi connectivity index (χ0v) is 20.7. The van der Waals surface area contributed by atoms with Crippen molar-refractivity contribution in [3.05, 3.63) is 72.5 Å². The number of aromatic amines is 1. The molecule has 0 radical (unpaired) electrons. The number of aryl methyl sites for hydroxylation is 1. The molecule has 15 heteroatoms. The van der Waals surface area contributed by atoms with Crippen molar-refractivity contribution in [1.29, 1.82) is 0 Å². The highest BCUT2D eigenvalue weighted by Gasteiger charge is 2.39. The Morgan fingerprint density at radius 3 is 2.54 bits per heavy atom. The van der Waals surface area contributed by atoms with Gasteiger partial charge in [-0.2, -0.15) is 13.2 Å². The molecular weight excluding hydrogens is 568 g/mol. The number of nitrogens with one attached hydrogen (secondary N) is 1. The van der Waals surface area contributed by atoms with Crippen molar-refractivity contribution in [3.63, 3.8) is 0 Å². The summed E-state index contributed by atoms with van der Waals surface area (Å²) in [6, 6.07) is 5.21. The predicted molar refractivity (Wildman–Crippen MR) is 128 cm³/mol. The summed E-state index contributed by atoms with van der Waals surface area (Å²) in [6.45, 7) is 0.266. The summed E-state index contributed by atoms with van der Waals surface area (Å²) in [5, 5.41) is 9.70. The van der Waals surface area contributed by atoms with Crippen molar-refractivity contribution in [2.24, 2.45) is 0 Å². The number of alkyl halides is 5. The second kappa shape index (κ2) is 10.0. The maximum atomic E-state index is 13.9. The number of benzene rings is 1. The Morgan fingerprint density at radius 1 is 1.22 bits per heavy atom. The van der Waals surface area contributed by atoms with Crippen LogP contribution in [-0.4, -0.2) is 31.9 Å². The highest BCUT2D eigenvalue weighted by atomic mass is 35.5. The number of hydrogen-bond acceptors (Lipinski definition) is 6. The van der Waals surface area contributed by atoms with Gasteiger partial charge in [-0.05, 0) is 36.8 Å². The van der Waals surface area contributed by atoms with Crippen LogP contribution in [0.3, 0.4) is 0 Å². The van der Waals surface area contributed by atoms with Crippen molar-refractivity contribution >= 4 is 44.8 Å². The van der Waals surface area contributed by atoms with E-state index in [1.54, 1.807) is 0 Å². The number of H-pyrrole nitrogens is 1. The summed E-state index contributed by atoms with van der Waals surface area (Å²) in [7, 11) is 0. The molecule has 0 aliphatic carbocycles. The molecule has 3 heterocycles. The van der Waals surface area contributed by atoms with E-state index in [9.17, 15) is 36.6 Å². The number of rotatable bonds is 6. The zero-order chi connectivity index (χ0) is 27.2. The molecule has 0 unspecified atom stereocenters. The van der Waals surface area contributed by atoms with E-state index < -0.39 is 47.9 Å². The van der Waals surface area contributed by atoms with Crippen molar-refractivity contribution in [2.75, 3.05) is 0 Å². The van der Waals surface area contributed by atoms with Gasteiger partial charge in [0.15, 0.2) is 6.10 Å². The lowest BCUT2D eigenvalue weighted by molar-refractivity contribution is -0.207. The predicted octanol–water partition coefficient (Wildman–Crippen LogP) is 6.08. The summed E-state index contributed by atoms with van der Waals surface area (Å²) in [5.74, 6) is -0.435. The fraction of sp³-hybridized carbons (Fsp3) is 0.227. The van der Waals surface area contributed by atoms with Gasteiger partial charge in [0, 0.05) is 21.7 Å². The Morgan fingerprint density at radius 2 is 1.92 bits per heavy atom. The van der Waals surface area contributed by atoms with E-state index in [2.05, 4.69) is 4.98 Å². The van der Waals surface area contributed by atoms with Gasteiger partial charge in [0.25, 0.3) is 12.0 Å². The third-order valence-electron chi connectivity index (χ3n) is 5.28. The molecule has 0 amide bonds. The summed E-state index contributed by atoms with van der Waals surface area (Å²) < 4.78 is 72.6. The SMILES string of the molecule is Cc1c(-c2cnc(Oc3ccc(Cl)cc3Cl)c(C(F)F)c2)sc2c1c(=O)[nH]c(=O)n2C[C@@H](O)C(F)(F)F. The molecule has 0 aliphatic heterocycles. The first-order chi connectivity index (χ1) is 17.3. The van der Waals surface area contributed by atoms with E-state index in [1.807, 2.05) is 4.98 Å². The number of ether oxygens (including phenoxy) is 1. The van der Waals surface area contributed by atoms with E-state index in [1.165, 1.54) is 31.3 Å². The van der Waals surface area contributed by atoms with Crippen molar-refractivity contribution in [2.45, 2.75) is 32.2 Å². The minimum absolute atomic E-state index is 0.0185. The van der Waals surface area contributed by atoms with Gasteiger partial charge in [-0.1, -0.05) is 23.2 Å². The Kier molecular flexibility index (Phi) is 7.34. The van der Waals surface area contributed by atoms with Crippen LogP contribution in [0.15, 0.2) is 40.1 Å². The summed E-state index contributed by atoms with van der Waals surface area (Å²) in [6.07, 6.45) is -9.78. The van der Waals surface area contributed by atoms with Crippen LogP contribution in [0.1, 0.15) is 17.6 Å². The third-order valence-corrected chi connectivity index (χ3v) is 7.17. The molecule has 1 aromatic carbocycles. The first kappa shape index (κ1) is 27.0. The molecular formula is C22H14Cl2F5N3O4S. The van der Waals surface area contributed by atoms with E-state index in [0.29, 0.717) is 9.59 Å². The van der Waals surface area contributed by atoms with Crippen LogP contribution in [-0.2, 0) is 6.54 Å². The Balaban J connectivity index is 1.83. The number of thiophene rings is 1. The third kappa shape index (κ3) is 5.35. The summed E-state index contributed by atoms with van der Waals surface area (Å²) >= 11 is 12.6. The second-order valence-corrected chi connectivity index (χ2v) is 9.60. The van der Waals surface area contributed by atoms with Crippen molar-refractivity contribution in [3.8, 4) is 22.1 Å². The number of hydrogen-bond donors (Lipinski definition) is 2. The zero-order valence-electron chi connectivity index (χ0n) is 18.4. The Labute approximate surface area is 217 Å². The van der Waals surface area contributed by atoms with E-state index in [-0.39, 0.29) is 37.0 Å². The van der Waals surface area contributed by atoms with Gasteiger partial charge in [-0.15, -0.1) is 11.3 Å². The van der Waals surface area contributed by atoms with E-state index in [4.69, 9.17) is 27.9 Å². The molecule has 0 fully saturated rings. The fourth-order valence-electron chi connectivity index (χ4n) is 3.49. The molecule has 2 N–H and O–H groups in total. The van der Waals surface area contributed by atoms with Crippen LogP contribution in [0.4, 0.5) is 22.0 Å². The maximum absolute atomic E-state index is 13.9. The molecule has 0 spiro atoms. The van der Waals surface area contributed by atoms with Crippen LogP contribution >= 0.6 is 34.5 Å². The van der Waals surface area contributed by atoms with Crippen molar-refractivity contribution in [1.82, 2.24) is 14.5 Å². The van der Waals surface area contributed by atoms with Gasteiger partial charge < -0.3 is 9.84 Å². The Bertz CT molecular complexity index is 1620. The standard InChI is InChI=1S/C22H14Cl2F5N3O4S/c1-8-15-18(34)31-21(35)32(7-14(33)22(27,28)29)20(15)37-16(8)9-4-11(17(25)26)19(30-6-9)36-13-3-2-10(23)5-12(13)24/h2-6,14,17,33H,7H2,1H3,(H,31,34,35)/t14-/m1/s1. The molecule has 4 rings (SSSR count). The number of aromatic nitrogens is 3. The van der Waals surface area contributed by atoms with E-state index >= 15 is 0 Å². The fourth-order valence-corrected chi connectivity index (χ4v) is 5.23. The highest BCUT2D eigenvalue weighted by molar-refractivity contribution is 7.22. The lowest BCUT2D eigenvalue weighted by Crippen LogP contribution is -2.38. The maximum Gasteiger partial charge on any atom is 0.416 e. The average molecular weight is 582 g/mol. The quantitative estimate of drug-likeness (QED) is 0.269. The van der Waals surface area contributed by atoms with Gasteiger partial charge in [-0.25, -0.2) is 18.6 Å². The largest absolute Gasteiger partial charge is 0.437 e. The Hall–Kier alpha value is -3.00. The second-order valence-electron chi connectivity index (χ2n) is 7.76. The number of aliphatic hydroxyl groups is 1. The van der Waals surface area contributed by atoms with Crippen LogP contribution in [0, 0.1) is 6.92 Å². The number of pyridine rings is 1. The lowest BCUT2D eigenvalue weighted by Gasteiger charge is -2.15. The highest BCUT2D eigenvalue weighted by Crippen LogP contribution is 2.41. The monoisotopic (exact) mass is 581 g/mol. The van der Waals surface area contributed by atoms with Crippen molar-refractivity contribution < 1.29 is 31.8 Å². The van der Waals surface area contributed by atoms with Gasteiger partial charge in [0.05, 0.1) is 22.5 Å². The molecule has 37 heavy (non-hydrogen) atoms. The summed E-state index contributed by atoms with van der Waals surface area (Å²) in [5.41, 5.74) is -2.36. The van der Waals surface area contributed by atoms with Gasteiger partial charge in [0.2, 0.25) is 5.88 Å². The number of nitrogens with zero attached hydrogens (tertiary/aromatic N) is 2. The first-order valence-corrected chi connectivity index (χ1v) is 11.8. The average Bonchev–Trinajstić information content (AvgIpc) is 3.15. The molecule has 7 nitrogen and oxygen atoms in total. The van der Waals surface area contributed by atoms with Gasteiger partial charge in [0.1, 0.15) is 10.6 Å². The molecule has 0 aliphatic rings. The topological polar surface area (TPSA) is 97.2 Å². The summed E-state index contributed by atoms with van der Waals surface area (Å²) in [4.78, 5) is 30.6. The minimum atomic E-state index is -5.02. The molecule has 0 saturated heterocycles. The van der Waals surface area contributed by atoms with Gasteiger partial charge in [-0.3, -0.25) is 14.3 Å². The molecule has 1 atom stereocenters.